The fraction of sp³-hybridized carbons (Fsp3) is 0.333. The molecular weight excluding hydrogens is 266 g/mol. The first-order valence-electron chi connectivity index (χ1n) is 7.19. The van der Waals surface area contributed by atoms with E-state index in [0.29, 0.717) is 17.9 Å². The summed E-state index contributed by atoms with van der Waals surface area (Å²) in [5, 5.41) is 4.33. The molecule has 104 valence electrons. The first-order valence-corrected chi connectivity index (χ1v) is 7.56. The van der Waals surface area contributed by atoms with Crippen LogP contribution in [-0.4, -0.2) is 7.05 Å². The average Bonchev–Trinajstić information content (AvgIpc) is 3.25. The van der Waals surface area contributed by atoms with Crippen molar-refractivity contribution in [2.45, 2.75) is 25.3 Å². The molecule has 2 aromatic rings. The van der Waals surface area contributed by atoms with Crippen LogP contribution >= 0.6 is 11.6 Å². The Morgan fingerprint density at radius 2 is 1.90 bits per heavy atom. The minimum atomic E-state index is 0.413. The molecule has 2 heteroatoms. The molecule has 3 rings (SSSR count). The number of halogens is 1. The van der Waals surface area contributed by atoms with Gasteiger partial charge in [-0.05, 0) is 55.0 Å². The molecule has 0 aromatic heterocycles. The van der Waals surface area contributed by atoms with Crippen LogP contribution in [0.4, 0.5) is 0 Å². The molecule has 3 atom stereocenters. The Morgan fingerprint density at radius 3 is 2.55 bits per heavy atom. The zero-order valence-electron chi connectivity index (χ0n) is 11.9. The number of hydrogen-bond acceptors (Lipinski definition) is 1. The summed E-state index contributed by atoms with van der Waals surface area (Å²) in [7, 11) is 2.05. The number of hydrogen-bond donors (Lipinski definition) is 1. The van der Waals surface area contributed by atoms with E-state index in [2.05, 4.69) is 61.8 Å². The van der Waals surface area contributed by atoms with Gasteiger partial charge in [0.1, 0.15) is 0 Å². The lowest BCUT2D eigenvalue weighted by atomic mass is 9.97. The summed E-state index contributed by atoms with van der Waals surface area (Å²) in [6, 6.07) is 17.6. The first kappa shape index (κ1) is 13.7. The molecular formula is C18H20ClN. The van der Waals surface area contributed by atoms with Crippen molar-refractivity contribution in [2.75, 3.05) is 7.05 Å². The summed E-state index contributed by atoms with van der Waals surface area (Å²) in [6.45, 7) is 2.07. The minimum absolute atomic E-state index is 0.413. The van der Waals surface area contributed by atoms with Crippen LogP contribution in [0.3, 0.4) is 0 Å². The topological polar surface area (TPSA) is 12.0 Å². The second-order valence-electron chi connectivity index (χ2n) is 5.69. The van der Waals surface area contributed by atoms with Gasteiger partial charge in [-0.1, -0.05) is 54.1 Å². The van der Waals surface area contributed by atoms with Gasteiger partial charge in [0.25, 0.3) is 0 Å². The third-order valence-corrected chi connectivity index (χ3v) is 4.77. The maximum Gasteiger partial charge on any atom is 0.0435 e. The molecule has 20 heavy (non-hydrogen) atoms. The lowest BCUT2D eigenvalue weighted by molar-refractivity contribution is 0.517. The second kappa shape index (κ2) is 5.59. The van der Waals surface area contributed by atoms with E-state index in [1.807, 2.05) is 6.07 Å². The summed E-state index contributed by atoms with van der Waals surface area (Å²) >= 11 is 6.13. The van der Waals surface area contributed by atoms with E-state index in [1.165, 1.54) is 17.5 Å². The number of nitrogens with one attached hydrogen (secondary N) is 1. The normalized spacial score (nSPS) is 22.6. The van der Waals surface area contributed by atoms with Crippen LogP contribution in [0, 0.1) is 12.8 Å². The summed E-state index contributed by atoms with van der Waals surface area (Å²) in [6.07, 6.45) is 1.26. The van der Waals surface area contributed by atoms with E-state index in [9.17, 15) is 0 Å². The molecule has 0 amide bonds. The summed E-state index contributed by atoms with van der Waals surface area (Å²) < 4.78 is 0. The Hall–Kier alpha value is -1.31. The molecule has 1 saturated carbocycles. The van der Waals surface area contributed by atoms with Crippen molar-refractivity contribution in [3.8, 4) is 0 Å². The van der Waals surface area contributed by atoms with Gasteiger partial charge in [0.2, 0.25) is 0 Å². The largest absolute Gasteiger partial charge is 0.313 e. The van der Waals surface area contributed by atoms with Gasteiger partial charge in [-0.25, -0.2) is 0 Å². The van der Waals surface area contributed by atoms with Gasteiger partial charge in [-0.3, -0.25) is 0 Å². The summed E-state index contributed by atoms with van der Waals surface area (Å²) in [5.41, 5.74) is 3.96. The van der Waals surface area contributed by atoms with Gasteiger partial charge in [0.05, 0.1) is 0 Å². The molecule has 1 fully saturated rings. The van der Waals surface area contributed by atoms with Crippen LogP contribution in [0.25, 0.3) is 0 Å². The first-order chi connectivity index (χ1) is 9.70. The zero-order chi connectivity index (χ0) is 14.1. The molecule has 0 radical (unpaired) electrons. The fourth-order valence-electron chi connectivity index (χ4n) is 3.16. The highest BCUT2D eigenvalue weighted by Gasteiger charge is 2.43. The second-order valence-corrected chi connectivity index (χ2v) is 6.10. The van der Waals surface area contributed by atoms with Crippen molar-refractivity contribution >= 4 is 11.6 Å². The van der Waals surface area contributed by atoms with E-state index in [4.69, 9.17) is 11.6 Å². The van der Waals surface area contributed by atoms with Crippen LogP contribution in [0.15, 0.2) is 48.5 Å². The maximum absolute atomic E-state index is 6.13. The van der Waals surface area contributed by atoms with Gasteiger partial charge in [0.15, 0.2) is 0 Å². The fourth-order valence-corrected chi connectivity index (χ4v) is 3.27. The van der Waals surface area contributed by atoms with Crippen molar-refractivity contribution < 1.29 is 0 Å². The Balaban J connectivity index is 1.80. The van der Waals surface area contributed by atoms with E-state index in [1.54, 1.807) is 0 Å². The van der Waals surface area contributed by atoms with Crippen LogP contribution in [0.5, 0.6) is 0 Å². The minimum Gasteiger partial charge on any atom is -0.313 e. The van der Waals surface area contributed by atoms with Crippen molar-refractivity contribution in [3.63, 3.8) is 0 Å². The highest BCUT2D eigenvalue weighted by atomic mass is 35.5. The van der Waals surface area contributed by atoms with Crippen molar-refractivity contribution in [2.24, 2.45) is 5.92 Å². The van der Waals surface area contributed by atoms with Crippen LogP contribution in [-0.2, 0) is 0 Å². The van der Waals surface area contributed by atoms with Crippen molar-refractivity contribution in [1.29, 1.82) is 0 Å². The smallest absolute Gasteiger partial charge is 0.0435 e. The average molecular weight is 286 g/mol. The Morgan fingerprint density at radius 1 is 1.15 bits per heavy atom. The molecule has 0 heterocycles. The van der Waals surface area contributed by atoms with Crippen molar-refractivity contribution in [3.05, 3.63) is 70.2 Å². The molecule has 0 aliphatic heterocycles. The molecule has 2 aromatic carbocycles. The van der Waals surface area contributed by atoms with Crippen molar-refractivity contribution in [1.82, 2.24) is 5.32 Å². The molecule has 0 saturated heterocycles. The van der Waals surface area contributed by atoms with Gasteiger partial charge < -0.3 is 5.32 Å². The van der Waals surface area contributed by atoms with Gasteiger partial charge in [0, 0.05) is 11.1 Å². The predicted octanol–water partition coefficient (Wildman–Crippen LogP) is 4.71. The lowest BCUT2D eigenvalue weighted by Crippen LogP contribution is -2.19. The molecule has 1 nitrogen and oxygen atoms in total. The monoisotopic (exact) mass is 285 g/mol. The molecule has 0 bridgehead atoms. The molecule has 1 N–H and O–H groups in total. The molecule has 1 aliphatic carbocycles. The van der Waals surface area contributed by atoms with Crippen LogP contribution in [0.1, 0.15) is 35.1 Å². The summed E-state index contributed by atoms with van der Waals surface area (Å²) in [4.78, 5) is 0. The third-order valence-electron chi connectivity index (χ3n) is 4.35. The third kappa shape index (κ3) is 2.61. The van der Waals surface area contributed by atoms with Gasteiger partial charge in [-0.2, -0.15) is 0 Å². The summed E-state index contributed by atoms with van der Waals surface area (Å²) in [5.74, 6) is 1.37. The van der Waals surface area contributed by atoms with E-state index in [-0.39, 0.29) is 0 Å². The number of benzene rings is 2. The highest BCUT2D eigenvalue weighted by Crippen LogP contribution is 2.54. The van der Waals surface area contributed by atoms with E-state index in [0.717, 1.165) is 10.6 Å². The van der Waals surface area contributed by atoms with Crippen LogP contribution in [0.2, 0.25) is 5.02 Å². The molecule has 1 aliphatic rings. The number of rotatable bonds is 4. The Labute approximate surface area is 126 Å². The highest BCUT2D eigenvalue weighted by molar-refractivity contribution is 6.31. The zero-order valence-corrected chi connectivity index (χ0v) is 12.7. The Bertz CT molecular complexity index is 594. The molecule has 0 spiro atoms. The SMILES string of the molecule is CNC(c1ccc(Cl)c(C)c1)C1CC1c1ccccc1. The number of aryl methyl sites for hydroxylation is 1. The van der Waals surface area contributed by atoms with Gasteiger partial charge in [-0.15, -0.1) is 0 Å². The van der Waals surface area contributed by atoms with E-state index >= 15 is 0 Å². The van der Waals surface area contributed by atoms with E-state index < -0.39 is 0 Å². The van der Waals surface area contributed by atoms with Crippen LogP contribution < -0.4 is 5.32 Å². The maximum atomic E-state index is 6.13. The lowest BCUT2D eigenvalue weighted by Gasteiger charge is -2.18. The molecule has 3 unspecified atom stereocenters. The Kier molecular flexibility index (Phi) is 3.82. The standard InChI is InChI=1S/C18H20ClN/c1-12-10-14(8-9-17(12)19)18(20-2)16-11-15(16)13-6-4-3-5-7-13/h3-10,15-16,18,20H,11H2,1-2H3. The van der Waals surface area contributed by atoms with Gasteiger partial charge >= 0.3 is 0 Å². The quantitative estimate of drug-likeness (QED) is 0.858. The predicted molar refractivity (Wildman–Crippen MR) is 85.3 cm³/mol.